The molecule has 1 aromatic heterocycles. The predicted octanol–water partition coefficient (Wildman–Crippen LogP) is 2.80. The van der Waals surface area contributed by atoms with Gasteiger partial charge in [-0.15, -0.1) is 11.8 Å². The first-order valence-corrected chi connectivity index (χ1v) is 9.73. The molecule has 8 heteroatoms. The zero-order valence-electron chi connectivity index (χ0n) is 14.7. The third-order valence-electron chi connectivity index (χ3n) is 4.17. The molecule has 0 aliphatic carbocycles. The third kappa shape index (κ3) is 4.02. The summed E-state index contributed by atoms with van der Waals surface area (Å²) in [7, 11) is 1.62. The van der Waals surface area contributed by atoms with Gasteiger partial charge in [-0.2, -0.15) is 0 Å². The lowest BCUT2D eigenvalue weighted by Crippen LogP contribution is -2.43. The summed E-state index contributed by atoms with van der Waals surface area (Å²) < 4.78 is 13.1. The number of ketones is 1. The molecule has 138 valence electrons. The van der Waals surface area contributed by atoms with Gasteiger partial charge in [-0.1, -0.05) is 24.4 Å². The molecule has 6 nitrogen and oxygen atoms in total. The average molecular weight is 392 g/mol. The van der Waals surface area contributed by atoms with Gasteiger partial charge in [0.1, 0.15) is 23.0 Å². The van der Waals surface area contributed by atoms with Crippen LogP contribution in [0.1, 0.15) is 13.0 Å². The van der Waals surface area contributed by atoms with Gasteiger partial charge in [0.2, 0.25) is 0 Å². The van der Waals surface area contributed by atoms with Crippen molar-refractivity contribution in [2.24, 2.45) is 0 Å². The normalized spacial score (nSPS) is 17.8. The SMILES string of the molecule is COc1ccccc1OCC1SCCN1C(=S)C(C(C)=O)n1ccnc1. The summed E-state index contributed by atoms with van der Waals surface area (Å²) in [6.45, 7) is 2.81. The van der Waals surface area contributed by atoms with Gasteiger partial charge in [-0.3, -0.25) is 4.79 Å². The van der Waals surface area contributed by atoms with Crippen LogP contribution in [-0.2, 0) is 4.79 Å². The van der Waals surface area contributed by atoms with E-state index in [0.29, 0.717) is 23.1 Å². The summed E-state index contributed by atoms with van der Waals surface area (Å²) in [5.74, 6) is 2.33. The Morgan fingerprint density at radius 3 is 2.85 bits per heavy atom. The molecule has 0 bridgehead atoms. The van der Waals surface area contributed by atoms with E-state index in [-0.39, 0.29) is 11.2 Å². The Balaban J connectivity index is 1.71. The van der Waals surface area contributed by atoms with Crippen LogP contribution >= 0.6 is 24.0 Å². The molecule has 1 aliphatic rings. The Hall–Kier alpha value is -2.06. The van der Waals surface area contributed by atoms with Crippen molar-refractivity contribution in [3.05, 3.63) is 43.0 Å². The van der Waals surface area contributed by atoms with Crippen LogP contribution in [0.25, 0.3) is 0 Å². The van der Waals surface area contributed by atoms with Gasteiger partial charge in [0.25, 0.3) is 0 Å². The number of Topliss-reactive ketones (excluding diaryl/α,β-unsaturated/α-hetero) is 1. The number of benzene rings is 1. The Labute approximate surface area is 162 Å². The van der Waals surface area contributed by atoms with Crippen LogP contribution in [0, 0.1) is 0 Å². The summed E-state index contributed by atoms with van der Waals surface area (Å²) >= 11 is 7.45. The second-order valence-electron chi connectivity index (χ2n) is 5.84. The fraction of sp³-hybridized carbons (Fsp3) is 0.389. The van der Waals surface area contributed by atoms with Crippen molar-refractivity contribution in [3.63, 3.8) is 0 Å². The molecule has 26 heavy (non-hydrogen) atoms. The predicted molar refractivity (Wildman–Crippen MR) is 106 cm³/mol. The number of hydrogen-bond acceptors (Lipinski definition) is 6. The highest BCUT2D eigenvalue weighted by atomic mass is 32.2. The number of carbonyl (C=O) groups excluding carboxylic acids is 1. The van der Waals surface area contributed by atoms with Crippen LogP contribution in [0.3, 0.4) is 0 Å². The van der Waals surface area contributed by atoms with Gasteiger partial charge < -0.3 is 18.9 Å². The fourth-order valence-electron chi connectivity index (χ4n) is 2.90. The number of rotatable bonds is 7. The summed E-state index contributed by atoms with van der Waals surface area (Å²) in [4.78, 5) is 18.9. The standard InChI is InChI=1S/C18H21N3O3S2/c1-13(22)17(20-8-7-19-12-20)18(25)21-9-10-26-16(21)11-24-15-6-4-3-5-14(15)23-2/h3-8,12,16-17H,9-11H2,1-2H3. The lowest BCUT2D eigenvalue weighted by molar-refractivity contribution is -0.118. The molecule has 0 amide bonds. The number of thioether (sulfide) groups is 1. The molecule has 1 fully saturated rings. The Morgan fingerprint density at radius 1 is 1.42 bits per heavy atom. The summed E-state index contributed by atoms with van der Waals surface area (Å²) in [6.07, 6.45) is 5.05. The van der Waals surface area contributed by atoms with E-state index >= 15 is 0 Å². The second-order valence-corrected chi connectivity index (χ2v) is 7.55. The Bertz CT molecular complexity index is 767. The molecule has 0 radical (unpaired) electrons. The molecule has 1 aliphatic heterocycles. The van der Waals surface area contributed by atoms with Crippen molar-refractivity contribution in [3.8, 4) is 11.5 Å². The van der Waals surface area contributed by atoms with Crippen molar-refractivity contribution >= 4 is 34.8 Å². The number of methoxy groups -OCH3 is 1. The van der Waals surface area contributed by atoms with E-state index in [1.165, 1.54) is 0 Å². The molecule has 1 aromatic carbocycles. The van der Waals surface area contributed by atoms with Crippen molar-refractivity contribution < 1.29 is 14.3 Å². The number of hydrogen-bond donors (Lipinski definition) is 0. The van der Waals surface area contributed by atoms with Crippen molar-refractivity contribution in [1.82, 2.24) is 14.5 Å². The lowest BCUT2D eigenvalue weighted by Gasteiger charge is -2.30. The highest BCUT2D eigenvalue weighted by Gasteiger charge is 2.34. The zero-order valence-corrected chi connectivity index (χ0v) is 16.3. The van der Waals surface area contributed by atoms with Crippen LogP contribution in [0.5, 0.6) is 11.5 Å². The maximum atomic E-state index is 12.2. The van der Waals surface area contributed by atoms with Crippen LogP contribution < -0.4 is 9.47 Å². The van der Waals surface area contributed by atoms with Crippen LogP contribution in [0.4, 0.5) is 0 Å². The molecule has 0 N–H and O–H groups in total. The van der Waals surface area contributed by atoms with Gasteiger partial charge in [-0.05, 0) is 19.1 Å². The number of thiocarbonyl (C=S) groups is 1. The first-order valence-electron chi connectivity index (χ1n) is 8.27. The molecule has 2 aromatic rings. The average Bonchev–Trinajstić information content (AvgIpc) is 3.31. The van der Waals surface area contributed by atoms with Gasteiger partial charge >= 0.3 is 0 Å². The van der Waals surface area contributed by atoms with Crippen LogP contribution in [0.15, 0.2) is 43.0 Å². The van der Waals surface area contributed by atoms with Gasteiger partial charge in [-0.25, -0.2) is 4.98 Å². The smallest absolute Gasteiger partial charge is 0.161 e. The fourth-order valence-corrected chi connectivity index (χ4v) is 4.61. The number of para-hydroxylation sites is 2. The summed E-state index contributed by atoms with van der Waals surface area (Å²) in [5, 5.41) is 0.0535. The molecule has 3 rings (SSSR count). The number of imidazole rings is 1. The minimum Gasteiger partial charge on any atom is -0.493 e. The van der Waals surface area contributed by atoms with Gasteiger partial charge in [0.15, 0.2) is 17.3 Å². The largest absolute Gasteiger partial charge is 0.493 e. The topological polar surface area (TPSA) is 56.6 Å². The molecule has 1 saturated heterocycles. The van der Waals surface area contributed by atoms with E-state index in [4.69, 9.17) is 21.7 Å². The van der Waals surface area contributed by atoms with E-state index in [0.717, 1.165) is 12.3 Å². The minimum absolute atomic E-state index is 0.00528. The molecule has 0 saturated carbocycles. The van der Waals surface area contributed by atoms with Crippen molar-refractivity contribution in [2.45, 2.75) is 18.3 Å². The zero-order chi connectivity index (χ0) is 18.5. The minimum atomic E-state index is -0.514. The summed E-state index contributed by atoms with van der Waals surface area (Å²) in [5.41, 5.74) is 0. The molecule has 2 unspecified atom stereocenters. The highest BCUT2D eigenvalue weighted by molar-refractivity contribution is 8.00. The van der Waals surface area contributed by atoms with Crippen molar-refractivity contribution in [1.29, 1.82) is 0 Å². The molecule has 2 atom stereocenters. The number of nitrogens with zero attached hydrogens (tertiary/aromatic N) is 3. The highest BCUT2D eigenvalue weighted by Crippen LogP contribution is 2.31. The number of ether oxygens (including phenoxy) is 2. The van der Waals surface area contributed by atoms with Gasteiger partial charge in [0.05, 0.1) is 13.4 Å². The first kappa shape index (κ1) is 18.7. The molecular formula is C18H21N3O3S2. The molecule has 0 spiro atoms. The maximum Gasteiger partial charge on any atom is 0.161 e. The number of aromatic nitrogens is 2. The first-order chi connectivity index (χ1) is 12.6. The Kier molecular flexibility index (Phi) is 6.16. The molecule has 2 heterocycles. The molecular weight excluding hydrogens is 370 g/mol. The monoisotopic (exact) mass is 391 g/mol. The second kappa shape index (κ2) is 8.55. The quantitative estimate of drug-likeness (QED) is 0.673. The van der Waals surface area contributed by atoms with E-state index in [9.17, 15) is 4.79 Å². The van der Waals surface area contributed by atoms with E-state index in [2.05, 4.69) is 9.88 Å². The summed E-state index contributed by atoms with van der Waals surface area (Å²) in [6, 6.07) is 7.04. The van der Waals surface area contributed by atoms with Gasteiger partial charge in [0, 0.05) is 24.7 Å². The van der Waals surface area contributed by atoms with E-state index in [1.54, 1.807) is 49.1 Å². The van der Waals surface area contributed by atoms with Crippen molar-refractivity contribution in [2.75, 3.05) is 26.0 Å². The Morgan fingerprint density at radius 2 is 2.19 bits per heavy atom. The number of carbonyl (C=O) groups is 1. The van der Waals surface area contributed by atoms with Crippen LogP contribution in [-0.4, -0.2) is 56.6 Å². The third-order valence-corrected chi connectivity index (χ3v) is 5.82. The maximum absolute atomic E-state index is 12.2. The lowest BCUT2D eigenvalue weighted by atomic mass is 10.2. The van der Waals surface area contributed by atoms with Crippen LogP contribution in [0.2, 0.25) is 0 Å². The van der Waals surface area contributed by atoms with E-state index in [1.807, 2.05) is 24.3 Å². The van der Waals surface area contributed by atoms with E-state index < -0.39 is 6.04 Å².